The van der Waals surface area contributed by atoms with Crippen LogP contribution in [0.15, 0.2) is 75.8 Å². The summed E-state index contributed by atoms with van der Waals surface area (Å²) in [6.07, 6.45) is 0. The van der Waals surface area contributed by atoms with Crippen LogP contribution in [0.5, 0.6) is 11.5 Å². The fourth-order valence-corrected chi connectivity index (χ4v) is 4.94. The molecule has 0 radical (unpaired) electrons. The molecule has 12 heteroatoms. The number of benzene rings is 4. The zero-order valence-electron chi connectivity index (χ0n) is 20.1. The normalized spacial score (nSPS) is 11.7. The Kier molecular flexibility index (Phi) is 7.89. The predicted octanol–water partition coefficient (Wildman–Crippen LogP) is 7.47. The molecular formula is C26H21Cl2N3O6S. The second-order valence-electron chi connectivity index (χ2n) is 8.07. The topological polar surface area (TPSA) is 138 Å². The fourth-order valence-electron chi connectivity index (χ4n) is 3.70. The van der Waals surface area contributed by atoms with E-state index >= 15 is 0 Å². The van der Waals surface area contributed by atoms with E-state index in [1.807, 2.05) is 6.92 Å². The summed E-state index contributed by atoms with van der Waals surface area (Å²) in [4.78, 5) is 12.8. The number of amides is 1. The number of carbonyl (C=O) groups is 1. The van der Waals surface area contributed by atoms with E-state index in [-0.39, 0.29) is 32.5 Å². The van der Waals surface area contributed by atoms with Crippen LogP contribution < -0.4 is 10.1 Å². The first kappa shape index (κ1) is 27.3. The van der Waals surface area contributed by atoms with Gasteiger partial charge in [0.1, 0.15) is 16.3 Å². The van der Waals surface area contributed by atoms with Crippen LogP contribution in [0.3, 0.4) is 0 Å². The van der Waals surface area contributed by atoms with Crippen LogP contribution in [-0.4, -0.2) is 30.6 Å². The van der Waals surface area contributed by atoms with Crippen LogP contribution in [0.2, 0.25) is 10.0 Å². The average molecular weight is 574 g/mol. The van der Waals surface area contributed by atoms with E-state index in [2.05, 4.69) is 15.5 Å². The fraction of sp³-hybridized carbons (Fsp3) is 0.115. The van der Waals surface area contributed by atoms with Crippen LogP contribution in [0.4, 0.5) is 17.1 Å². The van der Waals surface area contributed by atoms with Gasteiger partial charge in [0.25, 0.3) is 16.0 Å². The summed E-state index contributed by atoms with van der Waals surface area (Å²) >= 11 is 12.4. The zero-order valence-corrected chi connectivity index (χ0v) is 22.4. The summed E-state index contributed by atoms with van der Waals surface area (Å²) in [6.45, 7) is 3.76. The molecule has 3 N–H and O–H groups in total. The number of nitrogens with zero attached hydrogens (tertiary/aromatic N) is 2. The number of hydrogen-bond donors (Lipinski definition) is 3. The van der Waals surface area contributed by atoms with E-state index in [0.29, 0.717) is 28.8 Å². The van der Waals surface area contributed by atoms with Crippen molar-refractivity contribution >= 4 is 67.1 Å². The van der Waals surface area contributed by atoms with Gasteiger partial charge in [-0.1, -0.05) is 47.5 Å². The number of azo groups is 1. The van der Waals surface area contributed by atoms with E-state index < -0.39 is 26.7 Å². The minimum absolute atomic E-state index is 0.0109. The Hall–Kier alpha value is -3.70. The maximum Gasteiger partial charge on any atom is 0.296 e. The highest BCUT2D eigenvalue weighted by Gasteiger charge is 2.21. The van der Waals surface area contributed by atoms with Crippen molar-refractivity contribution in [1.29, 1.82) is 0 Å². The molecule has 0 saturated heterocycles. The molecule has 0 aromatic heterocycles. The second kappa shape index (κ2) is 11.0. The third-order valence-electron chi connectivity index (χ3n) is 5.59. The highest BCUT2D eigenvalue weighted by atomic mass is 35.5. The van der Waals surface area contributed by atoms with E-state index in [9.17, 15) is 22.9 Å². The largest absolute Gasteiger partial charge is 0.505 e. The van der Waals surface area contributed by atoms with Gasteiger partial charge in [-0.25, -0.2) is 0 Å². The van der Waals surface area contributed by atoms with Crippen LogP contribution in [0.25, 0.3) is 10.8 Å². The quantitative estimate of drug-likeness (QED) is 0.155. The molecule has 0 fully saturated rings. The predicted molar refractivity (Wildman–Crippen MR) is 146 cm³/mol. The lowest BCUT2D eigenvalue weighted by Gasteiger charge is -2.13. The summed E-state index contributed by atoms with van der Waals surface area (Å²) in [5.74, 6) is -0.559. The van der Waals surface area contributed by atoms with Gasteiger partial charge in [0.15, 0.2) is 5.75 Å². The van der Waals surface area contributed by atoms with Gasteiger partial charge in [-0.15, -0.1) is 5.11 Å². The number of rotatable bonds is 7. The number of aromatic hydroxyl groups is 1. The molecule has 0 aliphatic rings. The number of phenolic OH excluding ortho intramolecular Hbond substituents is 1. The molecule has 4 aromatic rings. The molecular weight excluding hydrogens is 553 g/mol. The van der Waals surface area contributed by atoms with Crippen molar-refractivity contribution in [3.05, 3.63) is 81.8 Å². The molecule has 38 heavy (non-hydrogen) atoms. The lowest BCUT2D eigenvalue weighted by molar-refractivity contribution is 0.102. The van der Waals surface area contributed by atoms with Crippen LogP contribution in [0, 0.1) is 6.92 Å². The second-order valence-corrected chi connectivity index (χ2v) is 10.2. The van der Waals surface area contributed by atoms with Crippen molar-refractivity contribution in [1.82, 2.24) is 0 Å². The lowest BCUT2D eigenvalue weighted by Crippen LogP contribution is -2.12. The van der Waals surface area contributed by atoms with E-state index in [0.717, 1.165) is 6.07 Å². The lowest BCUT2D eigenvalue weighted by atomic mass is 10.0. The van der Waals surface area contributed by atoms with Crippen molar-refractivity contribution < 1.29 is 27.6 Å². The Balaban J connectivity index is 1.77. The number of anilines is 1. The minimum atomic E-state index is -4.53. The summed E-state index contributed by atoms with van der Waals surface area (Å²) in [5, 5.41) is 23.3. The first-order chi connectivity index (χ1) is 18.0. The van der Waals surface area contributed by atoms with Gasteiger partial charge < -0.3 is 15.2 Å². The molecule has 0 aliphatic heterocycles. The molecule has 196 valence electrons. The highest BCUT2D eigenvalue weighted by molar-refractivity contribution is 7.86. The Labute approximate surface area is 228 Å². The Morgan fingerprint density at radius 3 is 2.50 bits per heavy atom. The SMILES string of the molecule is CCOc1ccc(Cl)c(NC(=O)c2cc3ccccc3c(N=Nc3ccc(S(=O)(=O)O)c(Cl)c3C)c2O)c1. The number of hydrogen-bond acceptors (Lipinski definition) is 7. The number of nitrogens with one attached hydrogen (secondary N) is 1. The Morgan fingerprint density at radius 2 is 1.79 bits per heavy atom. The monoisotopic (exact) mass is 573 g/mol. The summed E-state index contributed by atoms with van der Waals surface area (Å²) < 4.78 is 37.9. The molecule has 0 atom stereocenters. The highest BCUT2D eigenvalue weighted by Crippen LogP contribution is 2.41. The zero-order chi connectivity index (χ0) is 27.6. The van der Waals surface area contributed by atoms with Gasteiger partial charge >= 0.3 is 0 Å². The number of halogens is 2. The van der Waals surface area contributed by atoms with Crippen molar-refractivity contribution in [3.63, 3.8) is 0 Å². The number of fused-ring (bicyclic) bond motifs is 1. The molecule has 4 aromatic carbocycles. The summed E-state index contributed by atoms with van der Waals surface area (Å²) in [6, 6.07) is 15.7. The molecule has 9 nitrogen and oxygen atoms in total. The molecule has 4 rings (SSSR count). The third-order valence-corrected chi connectivity index (χ3v) is 7.42. The van der Waals surface area contributed by atoms with Crippen LogP contribution >= 0.6 is 23.2 Å². The first-order valence-electron chi connectivity index (χ1n) is 11.2. The maximum absolute atomic E-state index is 13.2. The molecule has 0 spiro atoms. The summed E-state index contributed by atoms with van der Waals surface area (Å²) in [7, 11) is -4.53. The van der Waals surface area contributed by atoms with E-state index in [1.165, 1.54) is 19.1 Å². The standard InChI is InChI=1S/C26H21Cl2N3O6S/c1-3-37-16-8-9-19(27)21(13-16)29-26(33)18-12-15-6-4-5-7-17(15)24(25(18)32)31-30-20-10-11-22(38(34,35)36)23(28)14(20)2/h4-13,32H,3H2,1-2H3,(H,29,33)(H,34,35,36). The smallest absolute Gasteiger partial charge is 0.296 e. The van der Waals surface area contributed by atoms with E-state index in [1.54, 1.807) is 42.5 Å². The molecule has 1 amide bonds. The van der Waals surface area contributed by atoms with E-state index in [4.69, 9.17) is 27.9 Å². The molecule has 0 heterocycles. The molecule has 0 saturated carbocycles. The van der Waals surface area contributed by atoms with Gasteiger partial charge in [0, 0.05) is 11.5 Å². The van der Waals surface area contributed by atoms with Gasteiger partial charge in [0.2, 0.25) is 0 Å². The van der Waals surface area contributed by atoms with Crippen LogP contribution in [-0.2, 0) is 10.1 Å². The van der Waals surface area contributed by atoms with Gasteiger partial charge in [-0.05, 0) is 55.1 Å². The third kappa shape index (κ3) is 5.58. The maximum atomic E-state index is 13.2. The van der Waals surface area contributed by atoms with Gasteiger partial charge in [-0.2, -0.15) is 13.5 Å². The van der Waals surface area contributed by atoms with Crippen molar-refractivity contribution in [2.45, 2.75) is 18.7 Å². The van der Waals surface area contributed by atoms with Crippen LogP contribution in [0.1, 0.15) is 22.8 Å². The van der Waals surface area contributed by atoms with Crippen molar-refractivity contribution in [2.24, 2.45) is 10.2 Å². The Bertz CT molecular complexity index is 1710. The molecule has 0 bridgehead atoms. The average Bonchev–Trinajstić information content (AvgIpc) is 2.86. The first-order valence-corrected chi connectivity index (χ1v) is 13.4. The molecule has 0 aliphatic carbocycles. The van der Waals surface area contributed by atoms with Crippen molar-refractivity contribution in [3.8, 4) is 11.5 Å². The number of ether oxygens (including phenoxy) is 1. The minimum Gasteiger partial charge on any atom is -0.505 e. The van der Waals surface area contributed by atoms with Crippen molar-refractivity contribution in [2.75, 3.05) is 11.9 Å². The Morgan fingerprint density at radius 1 is 1.05 bits per heavy atom. The number of carbonyl (C=O) groups excluding carboxylic acids is 1. The van der Waals surface area contributed by atoms with Gasteiger partial charge in [-0.3, -0.25) is 9.35 Å². The van der Waals surface area contributed by atoms with Gasteiger partial charge in [0.05, 0.1) is 33.6 Å². The number of phenols is 1. The molecule has 0 unspecified atom stereocenters. The summed E-state index contributed by atoms with van der Waals surface area (Å²) in [5.41, 5.74) is 0.665.